The van der Waals surface area contributed by atoms with Gasteiger partial charge in [0, 0.05) is 37.4 Å². The van der Waals surface area contributed by atoms with E-state index in [4.69, 9.17) is 4.98 Å². The number of aliphatic carboxylic acids is 1. The average Bonchev–Trinajstić information content (AvgIpc) is 3.17. The van der Waals surface area contributed by atoms with Crippen LogP contribution >= 0.6 is 0 Å². The molecule has 128 valence electrons. The van der Waals surface area contributed by atoms with Crippen LogP contribution in [-0.2, 0) is 16.9 Å². The van der Waals surface area contributed by atoms with Gasteiger partial charge in [-0.1, -0.05) is 24.3 Å². The van der Waals surface area contributed by atoms with Crippen LogP contribution in [0.15, 0.2) is 55.1 Å². The van der Waals surface area contributed by atoms with E-state index in [9.17, 15) is 9.90 Å². The van der Waals surface area contributed by atoms with Gasteiger partial charge in [-0.15, -0.1) is 0 Å². The van der Waals surface area contributed by atoms with Gasteiger partial charge in [-0.2, -0.15) is 0 Å². The van der Waals surface area contributed by atoms with Gasteiger partial charge in [0.2, 0.25) is 0 Å². The Morgan fingerprint density at radius 3 is 2.68 bits per heavy atom. The lowest BCUT2D eigenvalue weighted by molar-refractivity contribution is -0.150. The third-order valence-electron chi connectivity index (χ3n) is 5.12. The van der Waals surface area contributed by atoms with E-state index in [2.05, 4.69) is 28.1 Å². The summed E-state index contributed by atoms with van der Waals surface area (Å²) in [4.78, 5) is 22.9. The predicted octanol–water partition coefficient (Wildman–Crippen LogP) is 2.51. The molecule has 0 radical (unpaired) electrons. The molecule has 0 unspecified atom stereocenters. The smallest absolute Gasteiger partial charge is 0.330 e. The summed E-state index contributed by atoms with van der Waals surface area (Å²) in [6, 6.07) is 12.2. The lowest BCUT2D eigenvalue weighted by Crippen LogP contribution is -2.50. The molecular formula is C19H20N4O2. The summed E-state index contributed by atoms with van der Waals surface area (Å²) < 4.78 is 1.74. The molecule has 2 aromatic heterocycles. The van der Waals surface area contributed by atoms with Crippen molar-refractivity contribution in [2.75, 3.05) is 13.1 Å². The maximum Gasteiger partial charge on any atom is 0.330 e. The topological polar surface area (TPSA) is 71.2 Å². The second-order valence-corrected chi connectivity index (χ2v) is 6.58. The lowest BCUT2D eigenvalue weighted by atomic mass is 9.87. The highest BCUT2D eigenvalue weighted by atomic mass is 16.4. The van der Waals surface area contributed by atoms with E-state index < -0.39 is 11.5 Å². The number of carboxylic acids is 1. The number of likely N-dealkylation sites (tertiary alicyclic amines) is 1. The summed E-state index contributed by atoms with van der Waals surface area (Å²) in [5, 5.41) is 10.9. The minimum Gasteiger partial charge on any atom is -0.479 e. The number of carbonyl (C=O) groups is 1. The summed E-state index contributed by atoms with van der Waals surface area (Å²) in [5.74, 6) is -0.783. The Hall–Kier alpha value is -2.73. The monoisotopic (exact) mass is 336 g/mol. The molecule has 1 fully saturated rings. The SMILES string of the molecule is O=C(O)C1(n2ccnc2)CCN(Cc2ccc3ccccc3n2)CC1. The Balaban J connectivity index is 1.48. The van der Waals surface area contributed by atoms with Crippen LogP contribution in [-0.4, -0.2) is 43.6 Å². The number of pyridine rings is 1. The van der Waals surface area contributed by atoms with Crippen molar-refractivity contribution < 1.29 is 9.90 Å². The standard InChI is InChI=1S/C19H20N4O2/c24-18(25)19(23-12-9-20-14-23)7-10-22(11-8-19)13-16-6-5-15-3-1-2-4-17(15)21-16/h1-6,9,12,14H,7-8,10-11,13H2,(H,24,25). The minimum atomic E-state index is -0.885. The van der Waals surface area contributed by atoms with E-state index in [1.165, 1.54) is 0 Å². The maximum absolute atomic E-state index is 11.9. The summed E-state index contributed by atoms with van der Waals surface area (Å²) in [6.45, 7) is 2.18. The molecule has 0 saturated carbocycles. The van der Waals surface area contributed by atoms with Gasteiger partial charge >= 0.3 is 5.97 Å². The second kappa shape index (κ2) is 6.29. The molecule has 1 saturated heterocycles. The summed E-state index contributed by atoms with van der Waals surface area (Å²) in [7, 11) is 0. The van der Waals surface area contributed by atoms with Gasteiger partial charge in [0.15, 0.2) is 0 Å². The van der Waals surface area contributed by atoms with Gasteiger partial charge in [0.25, 0.3) is 0 Å². The summed E-state index contributed by atoms with van der Waals surface area (Å²) in [6.07, 6.45) is 6.11. The number of hydrogen-bond acceptors (Lipinski definition) is 4. The van der Waals surface area contributed by atoms with Crippen molar-refractivity contribution in [3.63, 3.8) is 0 Å². The molecule has 0 atom stereocenters. The first-order chi connectivity index (χ1) is 12.2. The highest BCUT2D eigenvalue weighted by molar-refractivity contribution is 5.78. The number of piperidine rings is 1. The molecule has 0 bridgehead atoms. The first-order valence-electron chi connectivity index (χ1n) is 8.46. The van der Waals surface area contributed by atoms with Crippen molar-refractivity contribution in [2.24, 2.45) is 0 Å². The fraction of sp³-hybridized carbons (Fsp3) is 0.316. The summed E-state index contributed by atoms with van der Waals surface area (Å²) in [5.41, 5.74) is 1.13. The van der Waals surface area contributed by atoms with E-state index in [1.807, 2.05) is 18.2 Å². The Labute approximate surface area is 145 Å². The van der Waals surface area contributed by atoms with Gasteiger partial charge in [0.05, 0.1) is 17.5 Å². The number of para-hydroxylation sites is 1. The van der Waals surface area contributed by atoms with Crippen molar-refractivity contribution in [3.8, 4) is 0 Å². The van der Waals surface area contributed by atoms with Crippen molar-refractivity contribution in [1.29, 1.82) is 0 Å². The highest BCUT2D eigenvalue weighted by Crippen LogP contribution is 2.31. The molecule has 0 aliphatic carbocycles. The fourth-order valence-electron chi connectivity index (χ4n) is 3.60. The Kier molecular flexibility index (Phi) is 3.97. The van der Waals surface area contributed by atoms with Crippen molar-refractivity contribution in [3.05, 3.63) is 60.8 Å². The van der Waals surface area contributed by atoms with Crippen molar-refractivity contribution in [1.82, 2.24) is 19.4 Å². The van der Waals surface area contributed by atoms with E-state index in [-0.39, 0.29) is 0 Å². The molecule has 6 heteroatoms. The largest absolute Gasteiger partial charge is 0.479 e. The first kappa shape index (κ1) is 15.8. The minimum absolute atomic E-state index is 0.562. The van der Waals surface area contributed by atoms with Gasteiger partial charge in [0.1, 0.15) is 5.54 Å². The zero-order valence-electron chi connectivity index (χ0n) is 13.9. The molecule has 4 rings (SSSR count). The van der Waals surface area contributed by atoms with Crippen LogP contribution in [0.3, 0.4) is 0 Å². The predicted molar refractivity (Wildman–Crippen MR) is 94.1 cm³/mol. The Bertz CT molecular complexity index is 883. The van der Waals surface area contributed by atoms with Crippen LogP contribution < -0.4 is 0 Å². The Morgan fingerprint density at radius 1 is 1.16 bits per heavy atom. The van der Waals surface area contributed by atoms with E-state index in [1.54, 1.807) is 23.3 Å². The number of aromatic nitrogens is 3. The number of benzene rings is 1. The number of nitrogens with zero attached hydrogens (tertiary/aromatic N) is 4. The second-order valence-electron chi connectivity index (χ2n) is 6.58. The molecule has 1 N–H and O–H groups in total. The zero-order valence-corrected chi connectivity index (χ0v) is 13.9. The van der Waals surface area contributed by atoms with Crippen molar-refractivity contribution >= 4 is 16.9 Å². The van der Waals surface area contributed by atoms with Crippen LogP contribution in [0.2, 0.25) is 0 Å². The fourth-order valence-corrected chi connectivity index (χ4v) is 3.60. The molecule has 3 heterocycles. The maximum atomic E-state index is 11.9. The van der Waals surface area contributed by atoms with E-state index in [0.717, 1.165) is 36.2 Å². The third kappa shape index (κ3) is 2.89. The molecule has 1 aromatic carbocycles. The van der Waals surface area contributed by atoms with E-state index >= 15 is 0 Å². The normalized spacial score (nSPS) is 17.6. The molecule has 0 spiro atoms. The van der Waals surface area contributed by atoms with Gasteiger partial charge in [-0.3, -0.25) is 9.88 Å². The molecule has 1 aliphatic rings. The van der Waals surface area contributed by atoms with Gasteiger partial charge < -0.3 is 9.67 Å². The van der Waals surface area contributed by atoms with Crippen molar-refractivity contribution in [2.45, 2.75) is 24.9 Å². The average molecular weight is 336 g/mol. The van der Waals surface area contributed by atoms with Gasteiger partial charge in [-0.05, 0) is 25.0 Å². The van der Waals surface area contributed by atoms with Crippen LogP contribution in [0.4, 0.5) is 0 Å². The van der Waals surface area contributed by atoms with Crippen LogP contribution in [0.25, 0.3) is 10.9 Å². The number of fused-ring (bicyclic) bond motifs is 1. The molecule has 1 aliphatic heterocycles. The van der Waals surface area contributed by atoms with Crippen LogP contribution in [0.5, 0.6) is 0 Å². The molecular weight excluding hydrogens is 316 g/mol. The third-order valence-corrected chi connectivity index (χ3v) is 5.12. The molecule has 25 heavy (non-hydrogen) atoms. The van der Waals surface area contributed by atoms with E-state index in [0.29, 0.717) is 12.8 Å². The quantitative estimate of drug-likeness (QED) is 0.793. The van der Waals surface area contributed by atoms with Gasteiger partial charge in [-0.25, -0.2) is 9.78 Å². The molecule has 6 nitrogen and oxygen atoms in total. The van der Waals surface area contributed by atoms with Crippen LogP contribution in [0, 0.1) is 0 Å². The summed E-state index contributed by atoms with van der Waals surface area (Å²) >= 11 is 0. The number of imidazole rings is 1. The Morgan fingerprint density at radius 2 is 1.96 bits per heavy atom. The number of hydrogen-bond donors (Lipinski definition) is 1. The molecule has 3 aromatic rings. The van der Waals surface area contributed by atoms with Crippen LogP contribution in [0.1, 0.15) is 18.5 Å². The number of rotatable bonds is 4. The zero-order chi connectivity index (χ0) is 17.3. The molecule has 0 amide bonds. The lowest BCUT2D eigenvalue weighted by Gasteiger charge is -2.39. The highest BCUT2D eigenvalue weighted by Gasteiger charge is 2.43. The first-order valence-corrected chi connectivity index (χ1v) is 8.46. The number of carboxylic acid groups (broad SMARTS) is 1.